The Labute approximate surface area is 205 Å². The van der Waals surface area contributed by atoms with E-state index in [1.807, 2.05) is 6.92 Å². The second-order valence-corrected chi connectivity index (χ2v) is 10.4. The van der Waals surface area contributed by atoms with Gasteiger partial charge in [-0.3, -0.25) is 0 Å². The zero-order valence-corrected chi connectivity index (χ0v) is 20.3. The van der Waals surface area contributed by atoms with Gasteiger partial charge in [0.25, 0.3) is 0 Å². The van der Waals surface area contributed by atoms with Gasteiger partial charge in [0.05, 0.1) is 12.7 Å². The number of aromatic carboxylic acids is 1. The number of carbonyl (C=O) groups is 1. The van der Waals surface area contributed by atoms with Crippen LogP contribution in [-0.4, -0.2) is 44.2 Å². The van der Waals surface area contributed by atoms with Crippen LogP contribution >= 0.6 is 0 Å². The van der Waals surface area contributed by atoms with Gasteiger partial charge in [-0.2, -0.15) is 0 Å². The van der Waals surface area contributed by atoms with Crippen LogP contribution in [0.25, 0.3) is 11.1 Å². The standard InChI is InChI=1S/C28H32N4O3/c1-16-5-3-4-6-22(16)23-14-29-26(18-7-8-18)24(23)15-35-21-12-19-9-10-20(13-21)32(19)28-30-17(2)11-25(31-28)27(33)34/h3-6,11,14,18-21,29H,7-10,12-13,15H2,1-2H3,(H,33,34). The number of fused-ring (bicyclic) bond motifs is 2. The summed E-state index contributed by atoms with van der Waals surface area (Å²) in [7, 11) is 0. The zero-order valence-electron chi connectivity index (χ0n) is 20.3. The van der Waals surface area contributed by atoms with Crippen molar-refractivity contribution in [1.82, 2.24) is 15.0 Å². The van der Waals surface area contributed by atoms with E-state index < -0.39 is 5.97 Å². The monoisotopic (exact) mass is 472 g/mol. The summed E-state index contributed by atoms with van der Waals surface area (Å²) < 4.78 is 6.62. The number of nitrogens with zero attached hydrogens (tertiary/aromatic N) is 3. The van der Waals surface area contributed by atoms with Gasteiger partial charge in [-0.1, -0.05) is 24.3 Å². The topological polar surface area (TPSA) is 91.3 Å². The van der Waals surface area contributed by atoms with Gasteiger partial charge >= 0.3 is 5.97 Å². The molecule has 2 atom stereocenters. The number of hydrogen-bond acceptors (Lipinski definition) is 5. The molecule has 2 saturated heterocycles. The minimum absolute atomic E-state index is 0.0640. The van der Waals surface area contributed by atoms with E-state index in [0.717, 1.165) is 25.7 Å². The van der Waals surface area contributed by atoms with Gasteiger partial charge in [0, 0.05) is 40.8 Å². The van der Waals surface area contributed by atoms with Gasteiger partial charge in [0.2, 0.25) is 5.95 Å². The number of aryl methyl sites for hydroxylation is 2. The summed E-state index contributed by atoms with van der Waals surface area (Å²) >= 11 is 0. The number of nitrogens with one attached hydrogen (secondary N) is 1. The second kappa shape index (κ2) is 8.79. The van der Waals surface area contributed by atoms with Crippen LogP contribution in [0.3, 0.4) is 0 Å². The predicted octanol–water partition coefficient (Wildman–Crippen LogP) is 5.38. The van der Waals surface area contributed by atoms with E-state index in [1.165, 1.54) is 46.9 Å². The van der Waals surface area contributed by atoms with Crippen LogP contribution in [0.15, 0.2) is 36.5 Å². The summed E-state index contributed by atoms with van der Waals surface area (Å²) in [5, 5.41) is 9.44. The SMILES string of the molecule is Cc1cc(C(=O)O)nc(N2C3CCC2CC(OCc2c(-c4ccccc4C)c[nH]c2C2CC2)C3)n1. The lowest BCUT2D eigenvalue weighted by atomic mass is 9.97. The molecular formula is C28H32N4O3. The minimum atomic E-state index is -1.01. The number of rotatable bonds is 7. The maximum atomic E-state index is 11.5. The Morgan fingerprint density at radius 3 is 2.51 bits per heavy atom. The van der Waals surface area contributed by atoms with Crippen molar-refractivity contribution in [3.63, 3.8) is 0 Å². The molecule has 2 bridgehead atoms. The maximum absolute atomic E-state index is 11.5. The van der Waals surface area contributed by atoms with Crippen LogP contribution in [-0.2, 0) is 11.3 Å². The Hall–Kier alpha value is -3.19. The lowest BCUT2D eigenvalue weighted by Gasteiger charge is -2.39. The van der Waals surface area contributed by atoms with E-state index in [4.69, 9.17) is 4.74 Å². The number of carboxylic acid groups (broad SMARTS) is 1. The maximum Gasteiger partial charge on any atom is 0.354 e. The Morgan fingerprint density at radius 2 is 1.83 bits per heavy atom. The molecule has 6 rings (SSSR count). The Morgan fingerprint density at radius 1 is 1.09 bits per heavy atom. The Balaban J connectivity index is 1.20. The smallest absolute Gasteiger partial charge is 0.354 e. The van der Waals surface area contributed by atoms with E-state index >= 15 is 0 Å². The number of H-pyrrole nitrogens is 1. The first-order valence-corrected chi connectivity index (χ1v) is 12.7. The van der Waals surface area contributed by atoms with Crippen molar-refractivity contribution in [3.05, 3.63) is 64.7 Å². The first kappa shape index (κ1) is 22.3. The number of aromatic nitrogens is 3. The van der Waals surface area contributed by atoms with Crippen molar-refractivity contribution in [2.45, 2.75) is 83.1 Å². The number of ether oxygens (including phenoxy) is 1. The lowest BCUT2D eigenvalue weighted by Crippen LogP contribution is -2.46. The molecule has 1 saturated carbocycles. The molecule has 7 nitrogen and oxygen atoms in total. The molecule has 0 amide bonds. The predicted molar refractivity (Wildman–Crippen MR) is 134 cm³/mol. The van der Waals surface area contributed by atoms with Crippen LogP contribution in [0, 0.1) is 13.8 Å². The van der Waals surface area contributed by atoms with E-state index in [9.17, 15) is 9.90 Å². The van der Waals surface area contributed by atoms with Crippen molar-refractivity contribution >= 4 is 11.9 Å². The van der Waals surface area contributed by atoms with Crippen LogP contribution in [0.5, 0.6) is 0 Å². The van der Waals surface area contributed by atoms with Crippen LogP contribution < -0.4 is 4.90 Å². The highest BCUT2D eigenvalue weighted by Crippen LogP contribution is 2.45. The summed E-state index contributed by atoms with van der Waals surface area (Å²) in [5.41, 5.74) is 7.22. The summed E-state index contributed by atoms with van der Waals surface area (Å²) in [6.07, 6.45) is 8.80. The van der Waals surface area contributed by atoms with Crippen molar-refractivity contribution in [2.75, 3.05) is 4.90 Å². The van der Waals surface area contributed by atoms with Gasteiger partial charge < -0.3 is 19.7 Å². The molecule has 0 radical (unpaired) electrons. The molecule has 2 N–H and O–H groups in total. The largest absolute Gasteiger partial charge is 0.477 e. The average molecular weight is 473 g/mol. The lowest BCUT2D eigenvalue weighted by molar-refractivity contribution is 0.0148. The fraction of sp³-hybridized carbons (Fsp3) is 0.464. The van der Waals surface area contributed by atoms with Gasteiger partial charge in [-0.05, 0) is 75.5 Å². The van der Waals surface area contributed by atoms with E-state index in [-0.39, 0.29) is 23.9 Å². The first-order valence-electron chi connectivity index (χ1n) is 12.7. The summed E-state index contributed by atoms with van der Waals surface area (Å²) in [6.45, 7) is 4.61. The van der Waals surface area contributed by atoms with Crippen molar-refractivity contribution < 1.29 is 14.6 Å². The molecular weight excluding hydrogens is 440 g/mol. The number of hydrogen-bond donors (Lipinski definition) is 2. The number of anilines is 1. The van der Waals surface area contributed by atoms with Crippen LogP contribution in [0.1, 0.15) is 77.4 Å². The molecule has 0 spiro atoms. The molecule has 1 aromatic carbocycles. The molecule has 3 fully saturated rings. The first-order chi connectivity index (χ1) is 17.0. The highest BCUT2D eigenvalue weighted by molar-refractivity contribution is 5.85. The van der Waals surface area contributed by atoms with Crippen molar-refractivity contribution in [1.29, 1.82) is 0 Å². The van der Waals surface area contributed by atoms with Crippen molar-refractivity contribution in [2.24, 2.45) is 0 Å². The fourth-order valence-corrected chi connectivity index (χ4v) is 6.05. The molecule has 1 aliphatic carbocycles. The van der Waals surface area contributed by atoms with Gasteiger partial charge in [-0.25, -0.2) is 14.8 Å². The number of piperidine rings is 1. The Kier molecular flexibility index (Phi) is 5.60. The molecule has 2 aliphatic heterocycles. The van der Waals surface area contributed by atoms with E-state index in [0.29, 0.717) is 24.2 Å². The number of benzene rings is 1. The summed E-state index contributed by atoms with van der Waals surface area (Å²) in [5.74, 6) is 0.174. The third-order valence-electron chi connectivity index (χ3n) is 7.89. The average Bonchev–Trinajstić information content (AvgIpc) is 3.54. The molecule has 3 aliphatic rings. The number of carboxylic acids is 1. The summed E-state index contributed by atoms with van der Waals surface area (Å²) in [4.78, 5) is 26.3. The minimum Gasteiger partial charge on any atom is -0.477 e. The molecule has 182 valence electrons. The molecule has 2 aromatic heterocycles. The quantitative estimate of drug-likeness (QED) is 0.480. The molecule has 4 heterocycles. The van der Waals surface area contributed by atoms with Crippen LogP contribution in [0.4, 0.5) is 5.95 Å². The van der Waals surface area contributed by atoms with Gasteiger partial charge in [-0.15, -0.1) is 0 Å². The third kappa shape index (κ3) is 4.22. The highest BCUT2D eigenvalue weighted by Gasteiger charge is 2.43. The second-order valence-electron chi connectivity index (χ2n) is 10.4. The van der Waals surface area contributed by atoms with Crippen molar-refractivity contribution in [3.8, 4) is 11.1 Å². The molecule has 35 heavy (non-hydrogen) atoms. The van der Waals surface area contributed by atoms with Crippen LogP contribution in [0.2, 0.25) is 0 Å². The zero-order chi connectivity index (χ0) is 24.1. The third-order valence-corrected chi connectivity index (χ3v) is 7.89. The Bertz CT molecular complexity index is 1250. The van der Waals surface area contributed by atoms with E-state index in [2.05, 4.69) is 57.2 Å². The molecule has 2 unspecified atom stereocenters. The highest BCUT2D eigenvalue weighted by atomic mass is 16.5. The molecule has 3 aromatic rings. The van der Waals surface area contributed by atoms with Gasteiger partial charge in [0.1, 0.15) is 0 Å². The normalized spacial score (nSPS) is 23.6. The fourth-order valence-electron chi connectivity index (χ4n) is 6.05. The number of aromatic amines is 1. The van der Waals surface area contributed by atoms with E-state index in [1.54, 1.807) is 0 Å². The van der Waals surface area contributed by atoms with Gasteiger partial charge in [0.15, 0.2) is 5.69 Å². The summed E-state index contributed by atoms with van der Waals surface area (Å²) in [6, 6.07) is 10.7. The molecule has 7 heteroatoms.